The Kier molecular flexibility index (Phi) is 5.80. The first-order valence-corrected chi connectivity index (χ1v) is 12.2. The second kappa shape index (κ2) is 9.13. The van der Waals surface area contributed by atoms with Crippen LogP contribution in [0.3, 0.4) is 0 Å². The minimum absolute atomic E-state index is 0.0550. The summed E-state index contributed by atoms with van der Waals surface area (Å²) < 4.78 is 40.0. The molecule has 2 atom stereocenters. The molecule has 0 N–H and O–H groups in total. The number of piperidine rings is 1. The lowest BCUT2D eigenvalue weighted by Crippen LogP contribution is -2.60. The predicted octanol–water partition coefficient (Wildman–Crippen LogP) is 5.58. The Bertz CT molecular complexity index is 1260. The van der Waals surface area contributed by atoms with Gasteiger partial charge in [-0.2, -0.15) is 0 Å². The largest absolute Gasteiger partial charge is 0.448 e. The average Bonchev–Trinajstić information content (AvgIpc) is 3.20. The third-order valence-corrected chi connectivity index (χ3v) is 7.65. The van der Waals surface area contributed by atoms with Crippen molar-refractivity contribution in [2.45, 2.75) is 30.8 Å². The van der Waals surface area contributed by atoms with Gasteiger partial charge in [-0.05, 0) is 47.2 Å². The quantitative estimate of drug-likeness (QED) is 0.450. The van der Waals surface area contributed by atoms with E-state index in [4.69, 9.17) is 9.47 Å². The number of rotatable bonds is 4. The van der Waals surface area contributed by atoms with Crippen molar-refractivity contribution in [2.75, 3.05) is 19.8 Å². The first kappa shape index (κ1) is 22.9. The topological polar surface area (TPSA) is 55.8 Å². The molecule has 184 valence electrons. The fraction of sp³-hybridized carbons (Fsp3) is 0.310. The highest BCUT2D eigenvalue weighted by atomic mass is 19.1. The number of Topliss-reactive ketones (excluding diaryl/α,β-unsaturated/α-hetero) is 1. The maximum Gasteiger partial charge on any atom is 0.410 e. The van der Waals surface area contributed by atoms with E-state index < -0.39 is 47.1 Å². The third kappa shape index (κ3) is 3.78. The molecule has 3 aromatic rings. The zero-order valence-corrected chi connectivity index (χ0v) is 19.5. The Morgan fingerprint density at radius 2 is 1.39 bits per heavy atom. The summed E-state index contributed by atoms with van der Waals surface area (Å²) in [5.74, 6) is -2.93. The number of fused-ring (bicyclic) bond motifs is 5. The van der Waals surface area contributed by atoms with Crippen LogP contribution in [0.25, 0.3) is 11.1 Å². The fourth-order valence-electron chi connectivity index (χ4n) is 6.03. The van der Waals surface area contributed by atoms with Gasteiger partial charge in [0.05, 0.1) is 30.9 Å². The maximum atomic E-state index is 14.2. The minimum Gasteiger partial charge on any atom is -0.448 e. The average molecular weight is 490 g/mol. The maximum absolute atomic E-state index is 14.2. The van der Waals surface area contributed by atoms with Gasteiger partial charge in [0, 0.05) is 11.8 Å². The molecule has 1 amide bonds. The summed E-state index contributed by atoms with van der Waals surface area (Å²) in [6.45, 7) is 0.709. The van der Waals surface area contributed by atoms with Crippen LogP contribution in [0.15, 0.2) is 66.7 Å². The summed E-state index contributed by atoms with van der Waals surface area (Å²) >= 11 is 0. The molecule has 5 nitrogen and oxygen atoms in total. The molecule has 0 saturated carbocycles. The van der Waals surface area contributed by atoms with Gasteiger partial charge in [0.25, 0.3) is 0 Å². The van der Waals surface area contributed by atoms with Gasteiger partial charge in [0.2, 0.25) is 0 Å². The van der Waals surface area contributed by atoms with Crippen LogP contribution in [0.5, 0.6) is 0 Å². The molecule has 3 aliphatic rings. The van der Waals surface area contributed by atoms with Crippen molar-refractivity contribution in [3.63, 3.8) is 0 Å². The van der Waals surface area contributed by atoms with Gasteiger partial charge < -0.3 is 9.47 Å². The van der Waals surface area contributed by atoms with Gasteiger partial charge in [-0.15, -0.1) is 0 Å². The molecule has 36 heavy (non-hydrogen) atoms. The molecular weight excluding hydrogens is 464 g/mol. The van der Waals surface area contributed by atoms with Crippen LogP contribution in [0.2, 0.25) is 0 Å². The monoisotopic (exact) mass is 489 g/mol. The van der Waals surface area contributed by atoms with Crippen molar-refractivity contribution in [3.8, 4) is 11.1 Å². The summed E-state index contributed by atoms with van der Waals surface area (Å²) in [4.78, 5) is 28.0. The minimum atomic E-state index is -0.861. The summed E-state index contributed by atoms with van der Waals surface area (Å²) in [7, 11) is 0. The lowest BCUT2D eigenvalue weighted by molar-refractivity contribution is -0.0748. The number of benzene rings is 3. The van der Waals surface area contributed by atoms with E-state index in [0.717, 1.165) is 34.4 Å². The van der Waals surface area contributed by atoms with E-state index in [2.05, 4.69) is 24.3 Å². The number of halogens is 2. The summed E-state index contributed by atoms with van der Waals surface area (Å²) in [6.07, 6.45) is 0.0961. The molecule has 0 radical (unpaired) electrons. The molecule has 2 heterocycles. The number of amides is 1. The molecule has 6 rings (SSSR count). The van der Waals surface area contributed by atoms with Crippen LogP contribution < -0.4 is 0 Å². The zero-order chi connectivity index (χ0) is 24.8. The van der Waals surface area contributed by atoms with E-state index >= 15 is 0 Å². The van der Waals surface area contributed by atoms with Crippen molar-refractivity contribution >= 4 is 11.9 Å². The van der Waals surface area contributed by atoms with Crippen molar-refractivity contribution < 1.29 is 27.8 Å². The van der Waals surface area contributed by atoms with E-state index in [1.54, 1.807) is 4.90 Å². The number of ketones is 1. The van der Waals surface area contributed by atoms with Gasteiger partial charge in [-0.25, -0.2) is 13.6 Å². The Balaban J connectivity index is 1.18. The Morgan fingerprint density at radius 3 is 1.97 bits per heavy atom. The predicted molar refractivity (Wildman–Crippen MR) is 129 cm³/mol. The van der Waals surface area contributed by atoms with Crippen LogP contribution in [0.1, 0.15) is 40.2 Å². The van der Waals surface area contributed by atoms with E-state index in [9.17, 15) is 18.4 Å². The fourth-order valence-corrected chi connectivity index (χ4v) is 6.03. The van der Waals surface area contributed by atoms with E-state index in [-0.39, 0.29) is 38.6 Å². The number of carbonyl (C=O) groups excluding carboxylic acids is 2. The van der Waals surface area contributed by atoms with Gasteiger partial charge in [-0.3, -0.25) is 9.69 Å². The number of nitrogens with zero attached hydrogens (tertiary/aromatic N) is 1. The molecule has 2 saturated heterocycles. The van der Waals surface area contributed by atoms with Crippen molar-refractivity contribution in [1.29, 1.82) is 0 Å². The molecule has 2 unspecified atom stereocenters. The molecule has 0 spiro atoms. The second-order valence-electron chi connectivity index (χ2n) is 9.69. The van der Waals surface area contributed by atoms with Crippen LogP contribution in [0, 0.1) is 17.6 Å². The Hall–Kier alpha value is -3.58. The lowest BCUT2D eigenvalue weighted by atomic mass is 9.80. The molecule has 2 bridgehead atoms. The van der Waals surface area contributed by atoms with Crippen LogP contribution >= 0.6 is 0 Å². The normalized spacial score (nSPS) is 22.6. The van der Waals surface area contributed by atoms with Gasteiger partial charge in [-0.1, -0.05) is 54.6 Å². The first-order chi connectivity index (χ1) is 17.5. The molecule has 7 heteroatoms. The van der Waals surface area contributed by atoms with Crippen molar-refractivity contribution in [3.05, 3.63) is 95.1 Å². The van der Waals surface area contributed by atoms with Crippen LogP contribution in [0.4, 0.5) is 13.6 Å². The van der Waals surface area contributed by atoms with Crippen LogP contribution in [-0.2, 0) is 9.47 Å². The Morgan fingerprint density at radius 1 is 0.833 bits per heavy atom. The van der Waals surface area contributed by atoms with Gasteiger partial charge in [0.15, 0.2) is 5.78 Å². The molecule has 3 aromatic carbocycles. The zero-order valence-electron chi connectivity index (χ0n) is 19.5. The van der Waals surface area contributed by atoms with Crippen LogP contribution in [-0.4, -0.2) is 48.7 Å². The second-order valence-corrected chi connectivity index (χ2v) is 9.69. The van der Waals surface area contributed by atoms with E-state index in [0.29, 0.717) is 0 Å². The number of hydrogen-bond donors (Lipinski definition) is 0. The summed E-state index contributed by atoms with van der Waals surface area (Å²) in [5.41, 5.74) is 4.06. The number of morpholine rings is 1. The van der Waals surface area contributed by atoms with E-state index in [1.165, 1.54) is 6.07 Å². The highest BCUT2D eigenvalue weighted by Gasteiger charge is 2.45. The molecule has 0 aromatic heterocycles. The van der Waals surface area contributed by atoms with Crippen molar-refractivity contribution in [1.82, 2.24) is 4.90 Å². The highest BCUT2D eigenvalue weighted by Crippen LogP contribution is 2.45. The lowest BCUT2D eigenvalue weighted by Gasteiger charge is -2.47. The molecule has 2 fully saturated rings. The SMILES string of the molecule is O=C(c1c(F)cccc1F)C1CC2COCC(C1)N2C(=O)OCC1c2ccccc2-c2ccccc21. The number of ether oxygens (including phenoxy) is 2. The van der Waals surface area contributed by atoms with Crippen molar-refractivity contribution in [2.24, 2.45) is 5.92 Å². The van der Waals surface area contributed by atoms with Gasteiger partial charge in [0.1, 0.15) is 18.2 Å². The number of hydrogen-bond acceptors (Lipinski definition) is 4. The molecule has 2 aliphatic heterocycles. The standard InChI is InChI=1S/C29H25F2NO4/c30-25-10-5-11-26(31)27(25)28(33)17-12-18-14-35-15-19(13-17)32(18)29(34)36-16-24-22-8-3-1-6-20(22)21-7-2-4-9-23(21)24/h1-11,17-19,24H,12-16H2. The smallest absolute Gasteiger partial charge is 0.410 e. The molecule has 1 aliphatic carbocycles. The van der Waals surface area contributed by atoms with Gasteiger partial charge >= 0.3 is 6.09 Å². The Labute approximate surface area is 207 Å². The van der Waals surface area contributed by atoms with E-state index in [1.807, 2.05) is 24.3 Å². The summed E-state index contributed by atoms with van der Waals surface area (Å²) in [5, 5.41) is 0. The summed E-state index contributed by atoms with van der Waals surface area (Å²) in [6, 6.07) is 18.9. The third-order valence-electron chi connectivity index (χ3n) is 7.65. The first-order valence-electron chi connectivity index (χ1n) is 12.2. The highest BCUT2D eigenvalue weighted by molar-refractivity contribution is 5.98. The molecular formula is C29H25F2NO4. The number of carbonyl (C=O) groups is 2.